The first kappa shape index (κ1) is 22.0. The van der Waals surface area contributed by atoms with Crippen molar-refractivity contribution < 1.29 is 4.74 Å². The smallest absolute Gasteiger partial charge is 0.119 e. The molecule has 0 atom stereocenters. The summed E-state index contributed by atoms with van der Waals surface area (Å²) in [4.78, 5) is 0. The van der Waals surface area contributed by atoms with Crippen molar-refractivity contribution in [2.24, 2.45) is 0 Å². The molecule has 0 aliphatic carbocycles. The van der Waals surface area contributed by atoms with Crippen molar-refractivity contribution in [3.05, 3.63) is 130 Å². The summed E-state index contributed by atoms with van der Waals surface area (Å²) < 4.78 is 6.23. The quantitative estimate of drug-likeness (QED) is 0.317. The summed E-state index contributed by atoms with van der Waals surface area (Å²) in [6, 6.07) is 34.1. The molecule has 0 spiro atoms. The average molecular weight is 446 g/mol. The molecule has 2 nitrogen and oxygen atoms in total. The van der Waals surface area contributed by atoms with Gasteiger partial charge in [-0.15, -0.1) is 0 Å². The minimum absolute atomic E-state index is 0.540. The highest BCUT2D eigenvalue weighted by Crippen LogP contribution is 2.34. The fraction of sp³-hybridized carbons (Fsp3) is 0.188. The maximum absolute atomic E-state index is 6.23. The van der Waals surface area contributed by atoms with Crippen LogP contribution in [-0.4, -0.2) is 6.61 Å². The Morgan fingerprint density at radius 1 is 0.735 bits per heavy atom. The number of rotatable bonds is 7. The van der Waals surface area contributed by atoms with E-state index in [-0.39, 0.29) is 0 Å². The summed E-state index contributed by atoms with van der Waals surface area (Å²) in [5.74, 6) is 0.897. The van der Waals surface area contributed by atoms with E-state index in [9.17, 15) is 0 Å². The lowest BCUT2D eigenvalue weighted by Gasteiger charge is -2.24. The fourth-order valence-electron chi connectivity index (χ4n) is 4.80. The van der Waals surface area contributed by atoms with Crippen LogP contribution in [0.2, 0.25) is 0 Å². The Kier molecular flexibility index (Phi) is 6.76. The molecule has 4 aromatic rings. The molecule has 0 amide bonds. The molecule has 0 unspecified atom stereocenters. The van der Waals surface area contributed by atoms with E-state index in [0.29, 0.717) is 6.61 Å². The van der Waals surface area contributed by atoms with Gasteiger partial charge in [-0.05, 0) is 76.4 Å². The third kappa shape index (κ3) is 4.92. The van der Waals surface area contributed by atoms with E-state index in [1.807, 2.05) is 30.3 Å². The van der Waals surface area contributed by atoms with Crippen LogP contribution in [0, 0.1) is 0 Å². The van der Waals surface area contributed by atoms with Gasteiger partial charge in [0.1, 0.15) is 12.4 Å². The summed E-state index contributed by atoms with van der Waals surface area (Å²) in [6.07, 6.45) is 5.37. The van der Waals surface area contributed by atoms with Crippen LogP contribution in [0.4, 0.5) is 5.69 Å². The lowest BCUT2D eigenvalue weighted by molar-refractivity contribution is 0.370. The van der Waals surface area contributed by atoms with Crippen LogP contribution < -0.4 is 10.1 Å². The number of hydrogen-bond acceptors (Lipinski definition) is 2. The normalized spacial score (nSPS) is 14.0. The Morgan fingerprint density at radius 2 is 1.47 bits per heavy atom. The molecule has 1 heterocycles. The third-order valence-electron chi connectivity index (χ3n) is 6.62. The Morgan fingerprint density at radius 3 is 2.26 bits per heavy atom. The molecular weight excluding hydrogens is 414 g/mol. The summed E-state index contributed by atoms with van der Waals surface area (Å²) in [6.45, 7) is 3.59. The van der Waals surface area contributed by atoms with Crippen LogP contribution >= 0.6 is 0 Å². The number of para-hydroxylation sites is 2. The monoisotopic (exact) mass is 445 g/mol. The number of ether oxygens (including phenoxy) is 1. The lowest BCUT2D eigenvalue weighted by atomic mass is 9.90. The number of benzene rings is 4. The molecule has 0 aromatic heterocycles. The van der Waals surface area contributed by atoms with Crippen LogP contribution in [-0.2, 0) is 25.8 Å². The van der Waals surface area contributed by atoms with Crippen molar-refractivity contribution in [3.8, 4) is 5.75 Å². The van der Waals surface area contributed by atoms with E-state index >= 15 is 0 Å². The maximum atomic E-state index is 6.23. The lowest BCUT2D eigenvalue weighted by Crippen LogP contribution is -2.13. The molecule has 1 aliphatic rings. The standard InChI is InChI=1S/C32H31NO/c1-2-25-13-10-18-30-28(23-34-29-16-7-4-8-17-29)21-27-15-9-14-26(32(27)33-22-31(25)30)20-19-24-11-5-3-6-12-24/h3-18,21,33H,2,19-20,22-23H2,1H3/b28-21-. The summed E-state index contributed by atoms with van der Waals surface area (Å²) in [5, 5.41) is 3.81. The van der Waals surface area contributed by atoms with E-state index in [1.165, 1.54) is 44.6 Å². The van der Waals surface area contributed by atoms with Crippen LogP contribution in [0.1, 0.15) is 40.3 Å². The summed E-state index contributed by atoms with van der Waals surface area (Å²) in [7, 11) is 0. The summed E-state index contributed by atoms with van der Waals surface area (Å²) >= 11 is 0. The molecule has 0 fully saturated rings. The number of fused-ring (bicyclic) bond motifs is 2. The summed E-state index contributed by atoms with van der Waals surface area (Å²) in [5.41, 5.74) is 10.5. The van der Waals surface area contributed by atoms with Gasteiger partial charge in [-0.25, -0.2) is 0 Å². The largest absolute Gasteiger partial charge is 0.489 e. The van der Waals surface area contributed by atoms with Gasteiger partial charge in [0.05, 0.1) is 0 Å². The van der Waals surface area contributed by atoms with E-state index in [2.05, 4.69) is 85.0 Å². The molecule has 1 aliphatic heterocycles. The van der Waals surface area contributed by atoms with Crippen molar-refractivity contribution in [1.82, 2.24) is 0 Å². The van der Waals surface area contributed by atoms with Gasteiger partial charge in [-0.1, -0.05) is 91.9 Å². The van der Waals surface area contributed by atoms with E-state index in [4.69, 9.17) is 4.74 Å². The van der Waals surface area contributed by atoms with Gasteiger partial charge < -0.3 is 10.1 Å². The van der Waals surface area contributed by atoms with Crippen LogP contribution in [0.15, 0.2) is 97.1 Å². The van der Waals surface area contributed by atoms with Gasteiger partial charge >= 0.3 is 0 Å². The minimum Gasteiger partial charge on any atom is -0.489 e. The van der Waals surface area contributed by atoms with E-state index < -0.39 is 0 Å². The SMILES string of the molecule is CCc1cccc2c1CNc1c(cccc1CCc1ccccc1)/C=C\2COc1ccccc1. The fourth-order valence-corrected chi connectivity index (χ4v) is 4.80. The van der Waals surface area contributed by atoms with Gasteiger partial charge in [-0.2, -0.15) is 0 Å². The molecule has 0 bridgehead atoms. The van der Waals surface area contributed by atoms with Crippen LogP contribution in [0.25, 0.3) is 11.6 Å². The minimum atomic E-state index is 0.540. The van der Waals surface area contributed by atoms with Crippen LogP contribution in [0.3, 0.4) is 0 Å². The van der Waals surface area contributed by atoms with Gasteiger partial charge in [0.2, 0.25) is 0 Å². The van der Waals surface area contributed by atoms with Gasteiger partial charge in [0.25, 0.3) is 0 Å². The number of aryl methyl sites for hydroxylation is 3. The molecule has 0 saturated heterocycles. The number of anilines is 1. The highest BCUT2D eigenvalue weighted by molar-refractivity contribution is 5.89. The molecule has 0 saturated carbocycles. The number of nitrogens with one attached hydrogen (secondary N) is 1. The molecular formula is C32H31NO. The molecule has 0 radical (unpaired) electrons. The Balaban J connectivity index is 1.52. The first-order chi connectivity index (χ1) is 16.8. The van der Waals surface area contributed by atoms with Gasteiger partial charge in [-0.3, -0.25) is 0 Å². The number of hydrogen-bond donors (Lipinski definition) is 1. The second-order valence-corrected chi connectivity index (χ2v) is 8.79. The topological polar surface area (TPSA) is 21.3 Å². The molecule has 1 N–H and O–H groups in total. The zero-order chi connectivity index (χ0) is 23.2. The predicted molar refractivity (Wildman–Crippen MR) is 143 cm³/mol. The molecule has 170 valence electrons. The Bertz CT molecular complexity index is 1280. The Hall–Kier alpha value is -3.78. The second-order valence-electron chi connectivity index (χ2n) is 8.79. The zero-order valence-corrected chi connectivity index (χ0v) is 19.8. The van der Waals surface area contributed by atoms with Crippen molar-refractivity contribution in [2.75, 3.05) is 11.9 Å². The first-order valence-corrected chi connectivity index (χ1v) is 12.2. The highest BCUT2D eigenvalue weighted by atomic mass is 16.5. The Labute approximate surface area is 202 Å². The molecule has 2 heteroatoms. The van der Waals surface area contributed by atoms with Crippen molar-refractivity contribution in [2.45, 2.75) is 32.7 Å². The molecule has 4 aromatic carbocycles. The van der Waals surface area contributed by atoms with Crippen molar-refractivity contribution in [1.29, 1.82) is 0 Å². The second kappa shape index (κ2) is 10.4. The van der Waals surface area contributed by atoms with E-state index in [1.54, 1.807) is 0 Å². The van der Waals surface area contributed by atoms with Crippen LogP contribution in [0.5, 0.6) is 5.75 Å². The average Bonchev–Trinajstić information content (AvgIpc) is 2.89. The predicted octanol–water partition coefficient (Wildman–Crippen LogP) is 7.58. The molecule has 5 rings (SSSR count). The van der Waals surface area contributed by atoms with Gasteiger partial charge in [0.15, 0.2) is 0 Å². The maximum Gasteiger partial charge on any atom is 0.119 e. The molecule has 34 heavy (non-hydrogen) atoms. The van der Waals surface area contributed by atoms with Gasteiger partial charge in [0, 0.05) is 12.2 Å². The zero-order valence-electron chi connectivity index (χ0n) is 19.8. The van der Waals surface area contributed by atoms with Crippen molar-refractivity contribution >= 4 is 17.3 Å². The first-order valence-electron chi connectivity index (χ1n) is 12.2. The third-order valence-corrected chi connectivity index (χ3v) is 6.62. The van der Waals surface area contributed by atoms with Crippen molar-refractivity contribution in [3.63, 3.8) is 0 Å². The highest BCUT2D eigenvalue weighted by Gasteiger charge is 2.18. The van der Waals surface area contributed by atoms with E-state index in [0.717, 1.165) is 31.6 Å².